The zero-order chi connectivity index (χ0) is 15.6. The lowest BCUT2D eigenvalue weighted by Crippen LogP contribution is -2.57. The van der Waals surface area contributed by atoms with E-state index in [9.17, 15) is 4.79 Å². The lowest BCUT2D eigenvalue weighted by Gasteiger charge is -2.33. The molecule has 0 radical (unpaired) electrons. The Morgan fingerprint density at radius 2 is 1.86 bits per heavy atom. The molecule has 116 valence electrons. The lowest BCUT2D eigenvalue weighted by molar-refractivity contribution is -0.130. The van der Waals surface area contributed by atoms with E-state index in [0.717, 1.165) is 10.9 Å². The highest BCUT2D eigenvalue weighted by Gasteiger charge is 2.36. The molecule has 0 bridgehead atoms. The third-order valence-corrected chi connectivity index (χ3v) is 4.47. The van der Waals surface area contributed by atoms with Crippen LogP contribution in [-0.2, 0) is 9.53 Å². The predicted octanol–water partition coefficient (Wildman–Crippen LogP) is 2.52. The number of hydrogen-bond donors (Lipinski definition) is 2. The molecular formula is C18H22N2O2. The molecule has 2 aromatic carbocycles. The predicted molar refractivity (Wildman–Crippen MR) is 87.5 cm³/mol. The number of benzene rings is 2. The molecule has 0 aromatic heterocycles. The molecule has 0 saturated carbocycles. The van der Waals surface area contributed by atoms with Crippen LogP contribution in [0, 0.1) is 0 Å². The third-order valence-electron chi connectivity index (χ3n) is 4.47. The molecule has 1 fully saturated rings. The number of ether oxygens (including phenoxy) is 1. The van der Waals surface area contributed by atoms with Gasteiger partial charge in [0, 0.05) is 13.2 Å². The van der Waals surface area contributed by atoms with Gasteiger partial charge in [-0.05, 0) is 36.1 Å². The van der Waals surface area contributed by atoms with Gasteiger partial charge in [-0.1, -0.05) is 42.5 Å². The van der Waals surface area contributed by atoms with E-state index in [0.29, 0.717) is 26.1 Å². The van der Waals surface area contributed by atoms with E-state index in [4.69, 9.17) is 10.5 Å². The zero-order valence-electron chi connectivity index (χ0n) is 12.8. The summed E-state index contributed by atoms with van der Waals surface area (Å²) in [7, 11) is 0. The van der Waals surface area contributed by atoms with Crippen molar-refractivity contribution in [3.8, 4) is 0 Å². The fourth-order valence-electron chi connectivity index (χ4n) is 3.01. The first kappa shape index (κ1) is 15.0. The van der Waals surface area contributed by atoms with Crippen molar-refractivity contribution in [2.75, 3.05) is 13.2 Å². The van der Waals surface area contributed by atoms with Crippen LogP contribution >= 0.6 is 0 Å². The van der Waals surface area contributed by atoms with E-state index in [1.807, 2.05) is 25.1 Å². The van der Waals surface area contributed by atoms with Gasteiger partial charge in [0.2, 0.25) is 5.91 Å². The minimum Gasteiger partial charge on any atom is -0.381 e. The first-order valence-electron chi connectivity index (χ1n) is 7.75. The van der Waals surface area contributed by atoms with Crippen LogP contribution in [0.25, 0.3) is 10.8 Å². The molecule has 4 nitrogen and oxygen atoms in total. The minimum absolute atomic E-state index is 0.0816. The lowest BCUT2D eigenvalue weighted by atomic mass is 9.89. The molecule has 2 aromatic rings. The quantitative estimate of drug-likeness (QED) is 0.915. The summed E-state index contributed by atoms with van der Waals surface area (Å²) < 4.78 is 5.30. The minimum atomic E-state index is -0.808. The van der Waals surface area contributed by atoms with Crippen molar-refractivity contribution in [1.82, 2.24) is 5.32 Å². The van der Waals surface area contributed by atoms with E-state index in [-0.39, 0.29) is 11.9 Å². The van der Waals surface area contributed by atoms with Crippen LogP contribution in [0.4, 0.5) is 0 Å². The third kappa shape index (κ3) is 2.85. The van der Waals surface area contributed by atoms with Gasteiger partial charge in [-0.2, -0.15) is 0 Å². The number of carbonyl (C=O) groups excluding carboxylic acids is 1. The molecule has 0 aliphatic carbocycles. The van der Waals surface area contributed by atoms with Crippen LogP contribution in [0.5, 0.6) is 0 Å². The summed E-state index contributed by atoms with van der Waals surface area (Å²) in [6.45, 7) is 3.10. The summed E-state index contributed by atoms with van der Waals surface area (Å²) in [5, 5.41) is 5.42. The molecule has 1 aliphatic heterocycles. The maximum absolute atomic E-state index is 12.5. The summed E-state index contributed by atoms with van der Waals surface area (Å²) >= 11 is 0. The van der Waals surface area contributed by atoms with Crippen molar-refractivity contribution in [2.45, 2.75) is 31.3 Å². The maximum Gasteiger partial charge on any atom is 0.240 e. The van der Waals surface area contributed by atoms with E-state index in [1.165, 1.54) is 5.39 Å². The van der Waals surface area contributed by atoms with Crippen LogP contribution in [0.3, 0.4) is 0 Å². The highest BCUT2D eigenvalue weighted by Crippen LogP contribution is 2.25. The number of nitrogens with one attached hydrogen (secondary N) is 1. The van der Waals surface area contributed by atoms with Gasteiger partial charge in [0.05, 0.1) is 11.6 Å². The van der Waals surface area contributed by atoms with Crippen LogP contribution < -0.4 is 11.1 Å². The van der Waals surface area contributed by atoms with Crippen molar-refractivity contribution in [1.29, 1.82) is 0 Å². The second-order valence-electron chi connectivity index (χ2n) is 6.03. The SMILES string of the molecule is CC(NC(=O)C1(N)CCOCC1)c1cccc2ccccc12. The van der Waals surface area contributed by atoms with Crippen LogP contribution in [-0.4, -0.2) is 24.7 Å². The van der Waals surface area contributed by atoms with E-state index in [2.05, 4.69) is 29.6 Å². The number of rotatable bonds is 3. The standard InChI is InChI=1S/C18H22N2O2/c1-13(20-17(21)18(19)9-11-22-12-10-18)15-8-4-6-14-5-2-3-7-16(14)15/h2-8,13H,9-12,19H2,1H3,(H,20,21). The Bertz CT molecular complexity index is 672. The molecule has 22 heavy (non-hydrogen) atoms. The van der Waals surface area contributed by atoms with Gasteiger partial charge >= 0.3 is 0 Å². The monoisotopic (exact) mass is 298 g/mol. The second kappa shape index (κ2) is 6.07. The largest absolute Gasteiger partial charge is 0.381 e. The Morgan fingerprint density at radius 3 is 2.64 bits per heavy atom. The summed E-state index contributed by atoms with van der Waals surface area (Å²) in [6, 6.07) is 14.3. The van der Waals surface area contributed by atoms with E-state index < -0.39 is 5.54 Å². The highest BCUT2D eigenvalue weighted by atomic mass is 16.5. The van der Waals surface area contributed by atoms with Crippen LogP contribution in [0.15, 0.2) is 42.5 Å². The van der Waals surface area contributed by atoms with Gasteiger partial charge in [-0.3, -0.25) is 4.79 Å². The Kier molecular flexibility index (Phi) is 4.14. The Hall–Kier alpha value is -1.91. The number of amides is 1. The molecule has 3 rings (SSSR count). The van der Waals surface area contributed by atoms with Gasteiger partial charge in [0.15, 0.2) is 0 Å². The fourth-order valence-corrected chi connectivity index (χ4v) is 3.01. The summed E-state index contributed by atoms with van der Waals surface area (Å²) in [4.78, 5) is 12.5. The van der Waals surface area contributed by atoms with Crippen molar-refractivity contribution in [3.63, 3.8) is 0 Å². The highest BCUT2D eigenvalue weighted by molar-refractivity contribution is 5.89. The van der Waals surface area contributed by atoms with Crippen LogP contribution in [0.2, 0.25) is 0 Å². The van der Waals surface area contributed by atoms with Crippen molar-refractivity contribution in [3.05, 3.63) is 48.0 Å². The number of fused-ring (bicyclic) bond motifs is 1. The molecule has 1 saturated heterocycles. The molecule has 1 heterocycles. The molecule has 3 N–H and O–H groups in total. The zero-order valence-corrected chi connectivity index (χ0v) is 12.8. The topological polar surface area (TPSA) is 64.4 Å². The van der Waals surface area contributed by atoms with E-state index in [1.54, 1.807) is 0 Å². The van der Waals surface area contributed by atoms with Crippen molar-refractivity contribution in [2.24, 2.45) is 5.73 Å². The van der Waals surface area contributed by atoms with Gasteiger partial charge in [-0.25, -0.2) is 0 Å². The van der Waals surface area contributed by atoms with E-state index >= 15 is 0 Å². The van der Waals surface area contributed by atoms with Crippen LogP contribution in [0.1, 0.15) is 31.4 Å². The normalized spacial score (nSPS) is 18.8. The molecule has 4 heteroatoms. The van der Waals surface area contributed by atoms with Crippen molar-refractivity contribution >= 4 is 16.7 Å². The number of carbonyl (C=O) groups is 1. The van der Waals surface area contributed by atoms with Crippen molar-refractivity contribution < 1.29 is 9.53 Å². The molecule has 1 amide bonds. The van der Waals surface area contributed by atoms with Gasteiger partial charge in [0.25, 0.3) is 0 Å². The number of hydrogen-bond acceptors (Lipinski definition) is 3. The molecule has 1 atom stereocenters. The summed E-state index contributed by atoms with van der Waals surface area (Å²) in [6.07, 6.45) is 1.14. The average Bonchev–Trinajstić information content (AvgIpc) is 2.55. The molecule has 1 unspecified atom stereocenters. The first-order valence-corrected chi connectivity index (χ1v) is 7.75. The number of nitrogens with two attached hydrogens (primary N) is 1. The molecule has 1 aliphatic rings. The van der Waals surface area contributed by atoms with Gasteiger partial charge < -0.3 is 15.8 Å². The molecular weight excluding hydrogens is 276 g/mol. The summed E-state index contributed by atoms with van der Waals surface area (Å²) in [5.41, 5.74) is 6.55. The second-order valence-corrected chi connectivity index (χ2v) is 6.03. The molecule has 0 spiro atoms. The first-order chi connectivity index (χ1) is 10.6. The average molecular weight is 298 g/mol. The fraction of sp³-hybridized carbons (Fsp3) is 0.389. The Balaban J connectivity index is 1.81. The summed E-state index contributed by atoms with van der Waals surface area (Å²) in [5.74, 6) is -0.0868. The maximum atomic E-state index is 12.5. The van der Waals surface area contributed by atoms with Gasteiger partial charge in [-0.15, -0.1) is 0 Å². The Labute approximate surface area is 130 Å². The Morgan fingerprint density at radius 1 is 1.18 bits per heavy atom. The smallest absolute Gasteiger partial charge is 0.240 e. The van der Waals surface area contributed by atoms with Gasteiger partial charge in [0.1, 0.15) is 0 Å².